The molecule has 0 amide bonds. The summed E-state index contributed by atoms with van der Waals surface area (Å²) in [5, 5.41) is 0. The van der Waals surface area contributed by atoms with Crippen LogP contribution in [0, 0.1) is 0 Å². The number of thiocarbonyl (C=S) groups is 1. The Morgan fingerprint density at radius 3 is 2.43 bits per heavy atom. The summed E-state index contributed by atoms with van der Waals surface area (Å²) in [6.07, 6.45) is 0.595. The topological polar surface area (TPSA) is 72.6 Å². The molecule has 116 valence electrons. The SMILES string of the molecule is NC(=S)Cc1ccc(OCCN2CCS(=O)(=O)CC2)cc1. The van der Waals surface area contributed by atoms with Crippen molar-refractivity contribution in [2.75, 3.05) is 37.7 Å². The molecule has 1 aromatic rings. The van der Waals surface area contributed by atoms with Gasteiger partial charge >= 0.3 is 0 Å². The van der Waals surface area contributed by atoms with Crippen molar-refractivity contribution in [3.8, 4) is 5.75 Å². The second-order valence-corrected chi connectivity index (χ2v) is 7.96. The molecular formula is C14H20N2O3S2. The summed E-state index contributed by atoms with van der Waals surface area (Å²) >= 11 is 4.87. The van der Waals surface area contributed by atoms with Crippen LogP contribution < -0.4 is 10.5 Å². The molecule has 0 bridgehead atoms. The zero-order valence-electron chi connectivity index (χ0n) is 11.8. The Hall–Kier alpha value is -1.18. The predicted octanol–water partition coefficient (Wildman–Crippen LogP) is 0.624. The number of nitrogens with zero attached hydrogens (tertiary/aromatic N) is 1. The molecule has 1 saturated heterocycles. The lowest BCUT2D eigenvalue weighted by Crippen LogP contribution is -2.42. The van der Waals surface area contributed by atoms with Gasteiger partial charge in [0.05, 0.1) is 16.5 Å². The second-order valence-electron chi connectivity index (χ2n) is 5.13. The van der Waals surface area contributed by atoms with Crippen molar-refractivity contribution in [2.45, 2.75) is 6.42 Å². The summed E-state index contributed by atoms with van der Waals surface area (Å²) in [6.45, 7) is 2.48. The van der Waals surface area contributed by atoms with Crippen LogP contribution in [0.3, 0.4) is 0 Å². The lowest BCUT2D eigenvalue weighted by atomic mass is 10.1. The fourth-order valence-electron chi connectivity index (χ4n) is 2.17. The van der Waals surface area contributed by atoms with E-state index in [0.717, 1.165) is 17.9 Å². The highest BCUT2D eigenvalue weighted by Crippen LogP contribution is 2.13. The Labute approximate surface area is 131 Å². The van der Waals surface area contributed by atoms with E-state index >= 15 is 0 Å². The second kappa shape index (κ2) is 7.20. The van der Waals surface area contributed by atoms with E-state index in [1.807, 2.05) is 24.3 Å². The van der Waals surface area contributed by atoms with Crippen molar-refractivity contribution in [2.24, 2.45) is 5.73 Å². The number of benzene rings is 1. The predicted molar refractivity (Wildman–Crippen MR) is 87.5 cm³/mol. The number of hydrogen-bond acceptors (Lipinski definition) is 5. The van der Waals surface area contributed by atoms with Gasteiger partial charge in [0.1, 0.15) is 12.4 Å². The molecule has 7 heteroatoms. The third-order valence-corrected chi connectivity index (χ3v) is 5.17. The van der Waals surface area contributed by atoms with Crippen LogP contribution in [0.25, 0.3) is 0 Å². The highest BCUT2D eigenvalue weighted by atomic mass is 32.2. The third-order valence-electron chi connectivity index (χ3n) is 3.41. The normalized spacial score (nSPS) is 18.3. The Bertz CT molecular complexity index is 571. The Kier molecular flexibility index (Phi) is 5.55. The van der Waals surface area contributed by atoms with Gasteiger partial charge in [-0.3, -0.25) is 4.90 Å². The van der Waals surface area contributed by atoms with Crippen molar-refractivity contribution in [3.05, 3.63) is 29.8 Å². The van der Waals surface area contributed by atoms with Gasteiger partial charge in [-0.1, -0.05) is 24.4 Å². The molecule has 0 atom stereocenters. The van der Waals surface area contributed by atoms with E-state index in [1.54, 1.807) is 0 Å². The number of ether oxygens (including phenoxy) is 1. The van der Waals surface area contributed by atoms with Gasteiger partial charge in [-0.15, -0.1) is 0 Å². The van der Waals surface area contributed by atoms with Crippen LogP contribution in [0.4, 0.5) is 0 Å². The monoisotopic (exact) mass is 328 g/mol. The Morgan fingerprint density at radius 2 is 1.86 bits per heavy atom. The van der Waals surface area contributed by atoms with Crippen molar-refractivity contribution in [3.63, 3.8) is 0 Å². The molecule has 0 unspecified atom stereocenters. The van der Waals surface area contributed by atoms with E-state index in [1.165, 1.54) is 0 Å². The molecule has 0 aromatic heterocycles. The molecule has 1 aromatic carbocycles. The van der Waals surface area contributed by atoms with E-state index < -0.39 is 9.84 Å². The van der Waals surface area contributed by atoms with Gasteiger partial charge in [0.25, 0.3) is 0 Å². The summed E-state index contributed by atoms with van der Waals surface area (Å²) in [5.74, 6) is 1.30. The summed E-state index contributed by atoms with van der Waals surface area (Å²) in [7, 11) is -2.81. The minimum absolute atomic E-state index is 0.251. The molecule has 1 aliphatic heterocycles. The van der Waals surface area contributed by atoms with E-state index in [4.69, 9.17) is 22.7 Å². The average Bonchev–Trinajstić information content (AvgIpc) is 2.42. The Morgan fingerprint density at radius 1 is 1.24 bits per heavy atom. The zero-order chi connectivity index (χ0) is 15.3. The van der Waals surface area contributed by atoms with Crippen LogP contribution in [0.1, 0.15) is 5.56 Å². The molecule has 1 fully saturated rings. The van der Waals surface area contributed by atoms with E-state index in [9.17, 15) is 8.42 Å². The van der Waals surface area contributed by atoms with E-state index in [-0.39, 0.29) is 11.5 Å². The van der Waals surface area contributed by atoms with Crippen LogP contribution in [0.5, 0.6) is 5.75 Å². The molecule has 1 aliphatic rings. The van der Waals surface area contributed by atoms with Crippen LogP contribution in [0.2, 0.25) is 0 Å². The zero-order valence-corrected chi connectivity index (χ0v) is 13.5. The first-order valence-electron chi connectivity index (χ1n) is 6.87. The Balaban J connectivity index is 1.72. The van der Waals surface area contributed by atoms with Crippen LogP contribution in [0.15, 0.2) is 24.3 Å². The van der Waals surface area contributed by atoms with Gasteiger partial charge in [-0.05, 0) is 17.7 Å². The molecule has 0 spiro atoms. The first-order chi connectivity index (χ1) is 9.94. The first kappa shape index (κ1) is 16.2. The molecule has 2 N–H and O–H groups in total. The smallest absolute Gasteiger partial charge is 0.152 e. The third kappa shape index (κ3) is 5.61. The largest absolute Gasteiger partial charge is 0.492 e. The first-order valence-corrected chi connectivity index (χ1v) is 9.10. The van der Waals surface area contributed by atoms with Crippen molar-refractivity contribution >= 4 is 27.0 Å². The molecule has 0 aliphatic carbocycles. The van der Waals surface area contributed by atoms with Gasteiger partial charge in [-0.2, -0.15) is 0 Å². The van der Waals surface area contributed by atoms with Crippen molar-refractivity contribution in [1.29, 1.82) is 0 Å². The van der Waals surface area contributed by atoms with Crippen LogP contribution in [-0.2, 0) is 16.3 Å². The molecule has 5 nitrogen and oxygen atoms in total. The van der Waals surface area contributed by atoms with Gasteiger partial charge in [0.15, 0.2) is 9.84 Å². The minimum Gasteiger partial charge on any atom is -0.492 e. The molecule has 1 heterocycles. The van der Waals surface area contributed by atoms with E-state index in [2.05, 4.69) is 4.90 Å². The average molecular weight is 328 g/mol. The number of hydrogen-bond donors (Lipinski definition) is 1. The maximum Gasteiger partial charge on any atom is 0.152 e. The maximum absolute atomic E-state index is 11.3. The quantitative estimate of drug-likeness (QED) is 0.772. The van der Waals surface area contributed by atoms with Gasteiger partial charge in [0, 0.05) is 26.1 Å². The lowest BCUT2D eigenvalue weighted by Gasteiger charge is -2.26. The summed E-state index contributed by atoms with van der Waals surface area (Å²) < 4.78 is 28.3. The number of rotatable bonds is 6. The highest BCUT2D eigenvalue weighted by molar-refractivity contribution is 7.91. The molecular weight excluding hydrogens is 308 g/mol. The fraction of sp³-hybridized carbons (Fsp3) is 0.500. The van der Waals surface area contributed by atoms with Crippen molar-refractivity contribution in [1.82, 2.24) is 4.90 Å². The molecule has 0 saturated carbocycles. The van der Waals surface area contributed by atoms with Gasteiger partial charge in [0.2, 0.25) is 0 Å². The van der Waals surface area contributed by atoms with Crippen molar-refractivity contribution < 1.29 is 13.2 Å². The van der Waals surface area contributed by atoms with Gasteiger partial charge in [-0.25, -0.2) is 8.42 Å². The van der Waals surface area contributed by atoms with Crippen LogP contribution >= 0.6 is 12.2 Å². The summed E-state index contributed by atoms with van der Waals surface area (Å²) in [4.78, 5) is 2.59. The molecule has 21 heavy (non-hydrogen) atoms. The number of nitrogens with two attached hydrogens (primary N) is 1. The lowest BCUT2D eigenvalue weighted by molar-refractivity contribution is 0.219. The molecule has 0 radical (unpaired) electrons. The standard InChI is InChI=1S/C14H20N2O3S2/c15-14(20)11-12-1-3-13(4-2-12)19-8-5-16-6-9-21(17,18)10-7-16/h1-4H,5-11H2,(H2,15,20). The highest BCUT2D eigenvalue weighted by Gasteiger charge is 2.20. The van der Waals surface area contributed by atoms with E-state index in [0.29, 0.717) is 31.1 Å². The minimum atomic E-state index is -2.81. The van der Waals surface area contributed by atoms with Crippen LogP contribution in [-0.4, -0.2) is 56.1 Å². The summed E-state index contributed by atoms with van der Waals surface area (Å²) in [5.41, 5.74) is 6.56. The molecule has 2 rings (SSSR count). The summed E-state index contributed by atoms with van der Waals surface area (Å²) in [6, 6.07) is 7.69. The van der Waals surface area contributed by atoms with Gasteiger partial charge < -0.3 is 10.5 Å². The maximum atomic E-state index is 11.3. The fourth-order valence-corrected chi connectivity index (χ4v) is 3.61. The number of sulfone groups is 1.